The first-order chi connectivity index (χ1) is 7.78. The van der Waals surface area contributed by atoms with E-state index in [-0.39, 0.29) is 6.10 Å². The van der Waals surface area contributed by atoms with Gasteiger partial charge >= 0.3 is 0 Å². The van der Waals surface area contributed by atoms with E-state index in [2.05, 4.69) is 27.3 Å². The lowest BCUT2D eigenvalue weighted by Gasteiger charge is -2.31. The Morgan fingerprint density at radius 1 is 1.56 bits per heavy atom. The molecule has 6 heteroatoms. The largest absolute Gasteiger partial charge is 0.374 e. The molecule has 90 valence electrons. The third-order valence-electron chi connectivity index (χ3n) is 2.68. The fourth-order valence-corrected chi connectivity index (χ4v) is 2.36. The van der Waals surface area contributed by atoms with Crippen LogP contribution in [0.2, 0.25) is 0 Å². The quantitative estimate of drug-likeness (QED) is 0.853. The highest BCUT2D eigenvalue weighted by Crippen LogP contribution is 2.14. The average Bonchev–Trinajstić information content (AvgIpc) is 2.73. The molecule has 0 aromatic carbocycles. The minimum absolute atomic E-state index is 0.262. The van der Waals surface area contributed by atoms with Crippen molar-refractivity contribution < 1.29 is 4.74 Å². The molecule has 16 heavy (non-hydrogen) atoms. The molecule has 0 saturated carbocycles. The maximum Gasteiger partial charge on any atom is 0.205 e. The monoisotopic (exact) mass is 242 g/mol. The molecule has 0 radical (unpaired) electrons. The highest BCUT2D eigenvalue weighted by molar-refractivity contribution is 7.15. The van der Waals surface area contributed by atoms with Crippen LogP contribution < -0.4 is 5.32 Å². The van der Waals surface area contributed by atoms with Crippen molar-refractivity contribution in [3.63, 3.8) is 0 Å². The summed E-state index contributed by atoms with van der Waals surface area (Å²) in [5.41, 5.74) is 0. The van der Waals surface area contributed by atoms with Crippen LogP contribution in [0.25, 0.3) is 0 Å². The van der Waals surface area contributed by atoms with Crippen LogP contribution in [0.5, 0.6) is 0 Å². The van der Waals surface area contributed by atoms with E-state index in [0.29, 0.717) is 0 Å². The summed E-state index contributed by atoms with van der Waals surface area (Å²) in [6, 6.07) is 0. The van der Waals surface area contributed by atoms with Crippen molar-refractivity contribution >= 4 is 16.5 Å². The van der Waals surface area contributed by atoms with Gasteiger partial charge in [0.05, 0.1) is 12.7 Å². The minimum atomic E-state index is 0.262. The molecular formula is C10H18N4OS. The van der Waals surface area contributed by atoms with Gasteiger partial charge in [-0.2, -0.15) is 0 Å². The Kier molecular flexibility index (Phi) is 4.09. The summed E-state index contributed by atoms with van der Waals surface area (Å²) in [5, 5.41) is 13.1. The Hall–Kier alpha value is -0.720. The van der Waals surface area contributed by atoms with Crippen LogP contribution >= 0.6 is 11.3 Å². The summed E-state index contributed by atoms with van der Waals surface area (Å²) in [5.74, 6) is 0. The van der Waals surface area contributed by atoms with E-state index in [0.717, 1.165) is 42.9 Å². The first-order valence-electron chi connectivity index (χ1n) is 5.66. The number of aryl methyl sites for hydroxylation is 1. The fourth-order valence-electron chi connectivity index (χ4n) is 1.76. The predicted molar refractivity (Wildman–Crippen MR) is 65.0 cm³/mol. The molecule has 1 unspecified atom stereocenters. The summed E-state index contributed by atoms with van der Waals surface area (Å²) < 4.78 is 5.69. The van der Waals surface area contributed by atoms with E-state index < -0.39 is 0 Å². The van der Waals surface area contributed by atoms with Gasteiger partial charge in [0.25, 0.3) is 0 Å². The normalized spacial score (nSPS) is 22.2. The standard InChI is InChI=1S/C10H18N4OS/c1-3-14-4-5-15-9(7-14)6-11-10-13-12-8(2)16-10/h9H,3-7H2,1-2H3,(H,11,13). The van der Waals surface area contributed by atoms with Crippen molar-refractivity contribution in [1.29, 1.82) is 0 Å². The lowest BCUT2D eigenvalue weighted by Crippen LogP contribution is -2.45. The van der Waals surface area contributed by atoms with Crippen LogP contribution in [-0.2, 0) is 4.74 Å². The number of ether oxygens (including phenoxy) is 1. The van der Waals surface area contributed by atoms with Gasteiger partial charge in [-0.3, -0.25) is 4.90 Å². The SMILES string of the molecule is CCN1CCOC(CNc2nnc(C)s2)C1. The van der Waals surface area contributed by atoms with Gasteiger partial charge < -0.3 is 10.1 Å². The third-order valence-corrected chi connectivity index (χ3v) is 3.47. The van der Waals surface area contributed by atoms with E-state index in [1.54, 1.807) is 11.3 Å². The lowest BCUT2D eigenvalue weighted by atomic mass is 10.2. The Balaban J connectivity index is 1.77. The Bertz CT molecular complexity index is 330. The molecule has 1 saturated heterocycles. The number of anilines is 1. The number of hydrogen-bond donors (Lipinski definition) is 1. The number of rotatable bonds is 4. The highest BCUT2D eigenvalue weighted by Gasteiger charge is 2.19. The molecule has 2 rings (SSSR count). The zero-order valence-electron chi connectivity index (χ0n) is 9.77. The second-order valence-corrected chi connectivity index (χ2v) is 5.07. The summed E-state index contributed by atoms with van der Waals surface area (Å²) in [6.07, 6.45) is 0.262. The summed E-state index contributed by atoms with van der Waals surface area (Å²) in [7, 11) is 0. The molecule has 5 nitrogen and oxygen atoms in total. The molecule has 0 bridgehead atoms. The number of aromatic nitrogens is 2. The molecule has 1 fully saturated rings. The zero-order valence-corrected chi connectivity index (χ0v) is 10.6. The lowest BCUT2D eigenvalue weighted by molar-refractivity contribution is -0.0191. The Morgan fingerprint density at radius 2 is 2.44 bits per heavy atom. The second-order valence-electron chi connectivity index (χ2n) is 3.89. The van der Waals surface area contributed by atoms with Gasteiger partial charge in [-0.1, -0.05) is 18.3 Å². The van der Waals surface area contributed by atoms with Crippen molar-refractivity contribution in [2.75, 3.05) is 38.1 Å². The fraction of sp³-hybridized carbons (Fsp3) is 0.800. The van der Waals surface area contributed by atoms with Gasteiger partial charge in [0.1, 0.15) is 5.01 Å². The van der Waals surface area contributed by atoms with Crippen molar-refractivity contribution in [2.24, 2.45) is 0 Å². The number of morpholine rings is 1. The van der Waals surface area contributed by atoms with Crippen LogP contribution in [-0.4, -0.2) is 54.0 Å². The second kappa shape index (κ2) is 5.56. The highest BCUT2D eigenvalue weighted by atomic mass is 32.1. The van der Waals surface area contributed by atoms with Gasteiger partial charge in [0, 0.05) is 19.6 Å². The van der Waals surface area contributed by atoms with Gasteiger partial charge in [-0.15, -0.1) is 10.2 Å². The molecular weight excluding hydrogens is 224 g/mol. The summed E-state index contributed by atoms with van der Waals surface area (Å²) >= 11 is 1.58. The van der Waals surface area contributed by atoms with Crippen LogP contribution in [0.15, 0.2) is 0 Å². The van der Waals surface area contributed by atoms with E-state index in [1.807, 2.05) is 6.92 Å². The van der Waals surface area contributed by atoms with Crippen LogP contribution in [0, 0.1) is 6.92 Å². The van der Waals surface area contributed by atoms with Gasteiger partial charge in [-0.25, -0.2) is 0 Å². The maximum absolute atomic E-state index is 5.69. The molecule has 2 heterocycles. The van der Waals surface area contributed by atoms with Gasteiger partial charge in [0.15, 0.2) is 0 Å². The van der Waals surface area contributed by atoms with E-state index >= 15 is 0 Å². The molecule has 1 N–H and O–H groups in total. The zero-order chi connectivity index (χ0) is 11.4. The van der Waals surface area contributed by atoms with E-state index in [1.165, 1.54) is 0 Å². The number of hydrogen-bond acceptors (Lipinski definition) is 6. The Morgan fingerprint density at radius 3 is 3.12 bits per heavy atom. The third kappa shape index (κ3) is 3.13. The molecule has 0 amide bonds. The van der Waals surface area contributed by atoms with Crippen molar-refractivity contribution in [1.82, 2.24) is 15.1 Å². The van der Waals surface area contributed by atoms with Crippen LogP contribution in [0.1, 0.15) is 11.9 Å². The van der Waals surface area contributed by atoms with Crippen molar-refractivity contribution in [3.8, 4) is 0 Å². The number of likely N-dealkylation sites (N-methyl/N-ethyl adjacent to an activating group) is 1. The number of nitrogens with one attached hydrogen (secondary N) is 1. The predicted octanol–water partition coefficient (Wildman–Crippen LogP) is 0.979. The average molecular weight is 242 g/mol. The topological polar surface area (TPSA) is 50.3 Å². The molecule has 1 aromatic heterocycles. The van der Waals surface area contributed by atoms with E-state index in [4.69, 9.17) is 4.74 Å². The van der Waals surface area contributed by atoms with Crippen LogP contribution in [0.3, 0.4) is 0 Å². The first-order valence-corrected chi connectivity index (χ1v) is 6.47. The molecule has 1 aliphatic rings. The number of nitrogens with zero attached hydrogens (tertiary/aromatic N) is 3. The Labute approximate surface area is 99.8 Å². The van der Waals surface area contributed by atoms with Gasteiger partial charge in [-0.05, 0) is 13.5 Å². The van der Waals surface area contributed by atoms with Crippen molar-refractivity contribution in [2.45, 2.75) is 20.0 Å². The molecule has 1 aliphatic heterocycles. The molecule has 1 atom stereocenters. The van der Waals surface area contributed by atoms with Crippen LogP contribution in [0.4, 0.5) is 5.13 Å². The van der Waals surface area contributed by atoms with Gasteiger partial charge in [0.2, 0.25) is 5.13 Å². The van der Waals surface area contributed by atoms with Crippen molar-refractivity contribution in [3.05, 3.63) is 5.01 Å². The van der Waals surface area contributed by atoms with E-state index in [9.17, 15) is 0 Å². The molecule has 0 spiro atoms. The molecule has 0 aliphatic carbocycles. The molecule has 1 aromatic rings. The summed E-state index contributed by atoms with van der Waals surface area (Å²) in [6.45, 7) is 8.92. The first kappa shape index (κ1) is 11.8. The summed E-state index contributed by atoms with van der Waals surface area (Å²) in [4.78, 5) is 2.40. The smallest absolute Gasteiger partial charge is 0.205 e. The maximum atomic E-state index is 5.69. The minimum Gasteiger partial charge on any atom is -0.374 e.